The summed E-state index contributed by atoms with van der Waals surface area (Å²) in [5.74, 6) is 1.68. The largest absolute Gasteiger partial charge is 0.355 e. The number of carbonyl (C=O) groups excluding carboxylic acids is 1. The van der Waals surface area contributed by atoms with Gasteiger partial charge in [-0.15, -0.1) is 0 Å². The van der Waals surface area contributed by atoms with E-state index in [4.69, 9.17) is 0 Å². The van der Waals surface area contributed by atoms with E-state index >= 15 is 0 Å². The highest BCUT2D eigenvalue weighted by Crippen LogP contribution is 2.18. The molecule has 0 aromatic carbocycles. The summed E-state index contributed by atoms with van der Waals surface area (Å²) in [4.78, 5) is 14.3. The minimum atomic E-state index is 0.0196. The molecule has 1 rings (SSSR count). The van der Waals surface area contributed by atoms with Gasteiger partial charge in [-0.2, -0.15) is 0 Å². The molecule has 0 aromatic heterocycles. The maximum absolute atomic E-state index is 12.0. The molecule has 1 aliphatic rings. The Morgan fingerprint density at radius 1 is 1.25 bits per heavy atom. The van der Waals surface area contributed by atoms with E-state index in [2.05, 4.69) is 36.3 Å². The zero-order valence-electron chi connectivity index (χ0n) is 13.7. The van der Waals surface area contributed by atoms with Crippen molar-refractivity contribution in [3.63, 3.8) is 0 Å². The van der Waals surface area contributed by atoms with Gasteiger partial charge in [0.05, 0.1) is 6.04 Å². The molecule has 1 atom stereocenters. The van der Waals surface area contributed by atoms with Crippen LogP contribution in [0.4, 0.5) is 0 Å². The molecule has 4 heteroatoms. The quantitative estimate of drug-likeness (QED) is 0.714. The fourth-order valence-electron chi connectivity index (χ4n) is 2.68. The van der Waals surface area contributed by atoms with Gasteiger partial charge in [0.15, 0.2) is 0 Å². The summed E-state index contributed by atoms with van der Waals surface area (Å²) in [7, 11) is 0. The van der Waals surface area contributed by atoms with E-state index in [1.54, 1.807) is 0 Å². The van der Waals surface area contributed by atoms with Gasteiger partial charge in [-0.3, -0.25) is 9.69 Å². The van der Waals surface area contributed by atoms with Crippen molar-refractivity contribution in [3.05, 3.63) is 0 Å². The third-order valence-electron chi connectivity index (χ3n) is 4.11. The van der Waals surface area contributed by atoms with E-state index in [1.165, 1.54) is 12.8 Å². The smallest absolute Gasteiger partial charge is 0.237 e. The van der Waals surface area contributed by atoms with Gasteiger partial charge >= 0.3 is 0 Å². The molecule has 118 valence electrons. The van der Waals surface area contributed by atoms with Crippen molar-refractivity contribution >= 4 is 5.91 Å². The molecule has 0 aromatic rings. The summed E-state index contributed by atoms with van der Waals surface area (Å²) in [5.41, 5.74) is 0. The lowest BCUT2D eigenvalue weighted by Gasteiger charge is -2.35. The molecule has 1 amide bonds. The van der Waals surface area contributed by atoms with Crippen molar-refractivity contribution in [3.8, 4) is 0 Å². The van der Waals surface area contributed by atoms with Crippen LogP contribution in [0.5, 0.6) is 0 Å². The first-order valence-electron chi connectivity index (χ1n) is 8.27. The highest BCUT2D eigenvalue weighted by Gasteiger charge is 2.26. The molecule has 4 nitrogen and oxygen atoms in total. The van der Waals surface area contributed by atoms with Gasteiger partial charge in [0.25, 0.3) is 0 Å². The first kappa shape index (κ1) is 17.4. The van der Waals surface area contributed by atoms with Gasteiger partial charge in [0, 0.05) is 6.54 Å². The Morgan fingerprint density at radius 2 is 1.90 bits per heavy atom. The van der Waals surface area contributed by atoms with E-state index < -0.39 is 0 Å². The third-order valence-corrected chi connectivity index (χ3v) is 4.11. The Kier molecular flexibility index (Phi) is 8.15. The van der Waals surface area contributed by atoms with Crippen LogP contribution in [0.2, 0.25) is 0 Å². The molecule has 1 fully saturated rings. The van der Waals surface area contributed by atoms with Crippen molar-refractivity contribution in [1.29, 1.82) is 0 Å². The molecule has 0 aliphatic carbocycles. The van der Waals surface area contributed by atoms with Crippen LogP contribution in [0.15, 0.2) is 0 Å². The van der Waals surface area contributed by atoms with E-state index in [0.717, 1.165) is 51.0 Å². The first-order valence-corrected chi connectivity index (χ1v) is 8.27. The Bertz CT molecular complexity index is 273. The monoisotopic (exact) mass is 283 g/mol. The van der Waals surface area contributed by atoms with Crippen LogP contribution in [0, 0.1) is 11.8 Å². The van der Waals surface area contributed by atoms with Crippen LogP contribution >= 0.6 is 0 Å². The van der Waals surface area contributed by atoms with Crippen LogP contribution in [0.1, 0.15) is 47.0 Å². The topological polar surface area (TPSA) is 44.4 Å². The Balaban J connectivity index is 2.22. The zero-order valence-corrected chi connectivity index (χ0v) is 13.7. The van der Waals surface area contributed by atoms with Gasteiger partial charge in [0.1, 0.15) is 0 Å². The second-order valence-corrected chi connectivity index (χ2v) is 6.50. The molecule has 1 unspecified atom stereocenters. The van der Waals surface area contributed by atoms with Gasteiger partial charge in [0.2, 0.25) is 5.91 Å². The lowest BCUT2D eigenvalue weighted by atomic mass is 9.95. The van der Waals surface area contributed by atoms with Crippen LogP contribution < -0.4 is 10.6 Å². The van der Waals surface area contributed by atoms with Crippen LogP contribution in [-0.4, -0.2) is 49.6 Å². The predicted molar refractivity (Wildman–Crippen MR) is 84.8 cm³/mol. The number of nitrogens with zero attached hydrogens (tertiary/aromatic N) is 1. The highest BCUT2D eigenvalue weighted by atomic mass is 16.2. The average molecular weight is 283 g/mol. The number of rotatable bonds is 8. The Labute approximate surface area is 124 Å². The number of hydrogen-bond acceptors (Lipinski definition) is 3. The van der Waals surface area contributed by atoms with Crippen molar-refractivity contribution in [2.24, 2.45) is 11.8 Å². The molecule has 1 aliphatic heterocycles. The van der Waals surface area contributed by atoms with Gasteiger partial charge < -0.3 is 10.6 Å². The standard InChI is InChI=1S/C16H33N3O/c1-5-8-18-16(20)14(4)19-9-6-15(7-10-19)12-17-11-13(2)3/h13-15,17H,5-12H2,1-4H3,(H,18,20). The second kappa shape index (κ2) is 9.35. The maximum Gasteiger partial charge on any atom is 0.237 e. The van der Waals surface area contributed by atoms with Crippen molar-refractivity contribution < 1.29 is 4.79 Å². The van der Waals surface area contributed by atoms with E-state index in [-0.39, 0.29) is 11.9 Å². The van der Waals surface area contributed by atoms with Crippen molar-refractivity contribution in [2.75, 3.05) is 32.7 Å². The Hall–Kier alpha value is -0.610. The molecule has 1 heterocycles. The van der Waals surface area contributed by atoms with Crippen LogP contribution in [0.3, 0.4) is 0 Å². The molecule has 0 bridgehead atoms. The molecular weight excluding hydrogens is 250 g/mol. The third kappa shape index (κ3) is 6.23. The summed E-state index contributed by atoms with van der Waals surface area (Å²) in [5, 5.41) is 6.55. The van der Waals surface area contributed by atoms with Gasteiger partial charge in [-0.05, 0) is 64.2 Å². The number of nitrogens with one attached hydrogen (secondary N) is 2. The highest BCUT2D eigenvalue weighted by molar-refractivity contribution is 5.81. The Morgan fingerprint density at radius 3 is 2.45 bits per heavy atom. The second-order valence-electron chi connectivity index (χ2n) is 6.50. The van der Waals surface area contributed by atoms with E-state index in [9.17, 15) is 4.79 Å². The summed E-state index contributed by atoms with van der Waals surface area (Å²) in [6.45, 7) is 13.7. The van der Waals surface area contributed by atoms with Gasteiger partial charge in [-0.1, -0.05) is 20.8 Å². The van der Waals surface area contributed by atoms with Crippen LogP contribution in [-0.2, 0) is 4.79 Å². The minimum Gasteiger partial charge on any atom is -0.355 e. The van der Waals surface area contributed by atoms with Gasteiger partial charge in [-0.25, -0.2) is 0 Å². The summed E-state index contributed by atoms with van der Waals surface area (Å²) in [6.07, 6.45) is 3.41. The SMILES string of the molecule is CCCNC(=O)C(C)N1CCC(CNCC(C)C)CC1. The molecule has 1 saturated heterocycles. The van der Waals surface area contributed by atoms with Crippen molar-refractivity contribution in [2.45, 2.75) is 53.0 Å². The van der Waals surface area contributed by atoms with Crippen molar-refractivity contribution in [1.82, 2.24) is 15.5 Å². The molecule has 2 N–H and O–H groups in total. The molecule has 0 spiro atoms. The van der Waals surface area contributed by atoms with E-state index in [1.807, 2.05) is 6.92 Å². The summed E-state index contributed by atoms with van der Waals surface area (Å²) in [6, 6.07) is 0.0196. The first-order chi connectivity index (χ1) is 9.54. The number of piperidine rings is 1. The normalized spacial score (nSPS) is 19.2. The minimum absolute atomic E-state index is 0.0196. The lowest BCUT2D eigenvalue weighted by Crippen LogP contribution is -2.49. The predicted octanol–water partition coefficient (Wildman–Crippen LogP) is 1.86. The fourth-order valence-corrected chi connectivity index (χ4v) is 2.68. The van der Waals surface area contributed by atoms with E-state index in [0.29, 0.717) is 0 Å². The number of amides is 1. The molecule has 0 radical (unpaired) electrons. The zero-order chi connectivity index (χ0) is 15.0. The fraction of sp³-hybridized carbons (Fsp3) is 0.938. The molecule has 0 saturated carbocycles. The summed E-state index contributed by atoms with van der Waals surface area (Å²) >= 11 is 0. The number of likely N-dealkylation sites (tertiary alicyclic amines) is 1. The summed E-state index contributed by atoms with van der Waals surface area (Å²) < 4.78 is 0. The number of carbonyl (C=O) groups is 1. The number of hydrogen-bond donors (Lipinski definition) is 2. The maximum atomic E-state index is 12.0. The lowest BCUT2D eigenvalue weighted by molar-refractivity contribution is -0.126. The van der Waals surface area contributed by atoms with Crippen LogP contribution in [0.25, 0.3) is 0 Å². The molecular formula is C16H33N3O. The molecule has 20 heavy (non-hydrogen) atoms. The average Bonchev–Trinajstić information content (AvgIpc) is 2.44.